The van der Waals surface area contributed by atoms with Gasteiger partial charge in [-0.15, -0.1) is 0 Å². The summed E-state index contributed by atoms with van der Waals surface area (Å²) in [6, 6.07) is 7.40. The van der Waals surface area contributed by atoms with Crippen molar-refractivity contribution in [1.82, 2.24) is 10.2 Å². The third kappa shape index (κ3) is 3.53. The van der Waals surface area contributed by atoms with Crippen LogP contribution in [0.5, 0.6) is 5.75 Å². The highest BCUT2D eigenvalue weighted by Crippen LogP contribution is 2.33. The first-order valence-electron chi connectivity index (χ1n) is 7.80. The Morgan fingerprint density at radius 3 is 2.60 bits per heavy atom. The highest BCUT2D eigenvalue weighted by Gasteiger charge is 2.22. The van der Waals surface area contributed by atoms with E-state index in [-0.39, 0.29) is 0 Å². The molecule has 0 fully saturated rings. The lowest BCUT2D eigenvalue weighted by Crippen LogP contribution is -2.41. The molecule has 0 radical (unpaired) electrons. The fourth-order valence-electron chi connectivity index (χ4n) is 3.30. The van der Waals surface area contributed by atoms with Gasteiger partial charge in [0.15, 0.2) is 0 Å². The number of aryl methyl sites for hydroxylation is 1. The highest BCUT2D eigenvalue weighted by atomic mass is 16.3. The van der Waals surface area contributed by atoms with E-state index in [2.05, 4.69) is 44.0 Å². The molecule has 3 nitrogen and oxygen atoms in total. The third-order valence-electron chi connectivity index (χ3n) is 4.29. The standard InChI is InChI=1S/C17H28N2O/c1-12(2)19(13(3)4)10-9-18-17-8-5-14-11-15(20)6-7-16(14)17/h6-7,11-13,17-18,20H,5,8-10H2,1-4H3. The molecule has 0 amide bonds. The zero-order chi connectivity index (χ0) is 14.7. The Balaban J connectivity index is 1.88. The summed E-state index contributed by atoms with van der Waals surface area (Å²) < 4.78 is 0. The van der Waals surface area contributed by atoms with Crippen LogP contribution >= 0.6 is 0 Å². The molecule has 20 heavy (non-hydrogen) atoms. The molecule has 2 rings (SSSR count). The molecule has 0 bridgehead atoms. The molecule has 3 heteroatoms. The number of hydrogen-bond acceptors (Lipinski definition) is 3. The molecular weight excluding hydrogens is 248 g/mol. The van der Waals surface area contributed by atoms with Crippen LogP contribution in [0.4, 0.5) is 0 Å². The molecule has 0 spiro atoms. The molecule has 0 heterocycles. The van der Waals surface area contributed by atoms with Crippen molar-refractivity contribution in [1.29, 1.82) is 0 Å². The normalized spacial score (nSPS) is 18.2. The summed E-state index contributed by atoms with van der Waals surface area (Å²) in [4.78, 5) is 2.51. The van der Waals surface area contributed by atoms with Gasteiger partial charge >= 0.3 is 0 Å². The van der Waals surface area contributed by atoms with Crippen LogP contribution in [0.15, 0.2) is 18.2 Å². The van der Waals surface area contributed by atoms with E-state index >= 15 is 0 Å². The van der Waals surface area contributed by atoms with Gasteiger partial charge in [0.2, 0.25) is 0 Å². The van der Waals surface area contributed by atoms with Crippen molar-refractivity contribution >= 4 is 0 Å². The first-order chi connectivity index (χ1) is 9.49. The zero-order valence-electron chi connectivity index (χ0n) is 13.2. The third-order valence-corrected chi connectivity index (χ3v) is 4.29. The van der Waals surface area contributed by atoms with Crippen molar-refractivity contribution in [2.75, 3.05) is 13.1 Å². The molecule has 2 N–H and O–H groups in total. The summed E-state index contributed by atoms with van der Waals surface area (Å²) in [5.74, 6) is 0.384. The van der Waals surface area contributed by atoms with Crippen molar-refractivity contribution in [3.63, 3.8) is 0 Å². The Labute approximate surface area is 123 Å². The maximum absolute atomic E-state index is 9.53. The van der Waals surface area contributed by atoms with Crippen molar-refractivity contribution in [3.05, 3.63) is 29.3 Å². The zero-order valence-corrected chi connectivity index (χ0v) is 13.2. The molecule has 1 aliphatic rings. The average molecular weight is 276 g/mol. The molecular formula is C17H28N2O. The topological polar surface area (TPSA) is 35.5 Å². The van der Waals surface area contributed by atoms with Gasteiger partial charge in [0.1, 0.15) is 5.75 Å². The Hall–Kier alpha value is -1.06. The summed E-state index contributed by atoms with van der Waals surface area (Å²) in [6.07, 6.45) is 2.21. The van der Waals surface area contributed by atoms with E-state index in [1.165, 1.54) is 11.1 Å². The molecule has 1 unspecified atom stereocenters. The molecule has 0 saturated heterocycles. The quantitative estimate of drug-likeness (QED) is 0.838. The van der Waals surface area contributed by atoms with Crippen LogP contribution in [0, 0.1) is 0 Å². The largest absolute Gasteiger partial charge is 0.508 e. The van der Waals surface area contributed by atoms with Crippen LogP contribution in [-0.2, 0) is 6.42 Å². The number of aromatic hydroxyl groups is 1. The second-order valence-corrected chi connectivity index (χ2v) is 6.35. The van der Waals surface area contributed by atoms with Gasteiger partial charge in [0.25, 0.3) is 0 Å². The molecule has 1 aromatic rings. The fourth-order valence-corrected chi connectivity index (χ4v) is 3.30. The smallest absolute Gasteiger partial charge is 0.115 e. The molecule has 0 aliphatic heterocycles. The molecule has 0 aromatic heterocycles. The predicted molar refractivity (Wildman–Crippen MR) is 84.1 cm³/mol. The maximum atomic E-state index is 9.53. The number of phenolic OH excluding ortho intramolecular Hbond substituents is 1. The number of benzene rings is 1. The van der Waals surface area contributed by atoms with Crippen LogP contribution in [0.1, 0.15) is 51.3 Å². The van der Waals surface area contributed by atoms with Crippen molar-refractivity contribution < 1.29 is 5.11 Å². The van der Waals surface area contributed by atoms with Gasteiger partial charge in [-0.05, 0) is 63.8 Å². The van der Waals surface area contributed by atoms with Crippen LogP contribution < -0.4 is 5.32 Å². The van der Waals surface area contributed by atoms with Crippen LogP contribution in [-0.4, -0.2) is 35.2 Å². The van der Waals surface area contributed by atoms with Crippen molar-refractivity contribution in [2.45, 2.75) is 58.7 Å². The number of rotatable bonds is 6. The summed E-state index contributed by atoms with van der Waals surface area (Å²) in [5.41, 5.74) is 2.66. The maximum Gasteiger partial charge on any atom is 0.115 e. The van der Waals surface area contributed by atoms with E-state index < -0.39 is 0 Å². The van der Waals surface area contributed by atoms with Crippen LogP contribution in [0.25, 0.3) is 0 Å². The van der Waals surface area contributed by atoms with Crippen LogP contribution in [0.3, 0.4) is 0 Å². The minimum absolute atomic E-state index is 0.384. The summed E-state index contributed by atoms with van der Waals surface area (Å²) in [6.45, 7) is 11.1. The predicted octanol–water partition coefficient (Wildman–Crippen LogP) is 3.09. The van der Waals surface area contributed by atoms with Gasteiger partial charge in [-0.2, -0.15) is 0 Å². The number of nitrogens with zero attached hydrogens (tertiary/aromatic N) is 1. The summed E-state index contributed by atoms with van der Waals surface area (Å²) in [7, 11) is 0. The minimum atomic E-state index is 0.384. The van der Waals surface area contributed by atoms with E-state index in [4.69, 9.17) is 0 Å². The second kappa shape index (κ2) is 6.59. The van der Waals surface area contributed by atoms with E-state index in [0.29, 0.717) is 23.9 Å². The number of hydrogen-bond donors (Lipinski definition) is 2. The van der Waals surface area contributed by atoms with Crippen molar-refractivity contribution in [3.8, 4) is 5.75 Å². The Morgan fingerprint density at radius 2 is 1.95 bits per heavy atom. The van der Waals surface area contributed by atoms with Crippen molar-refractivity contribution in [2.24, 2.45) is 0 Å². The number of phenols is 1. The Bertz CT molecular complexity index is 435. The lowest BCUT2D eigenvalue weighted by molar-refractivity contribution is 0.174. The second-order valence-electron chi connectivity index (χ2n) is 6.35. The molecule has 1 aromatic carbocycles. The lowest BCUT2D eigenvalue weighted by atomic mass is 10.1. The Morgan fingerprint density at radius 1 is 1.25 bits per heavy atom. The number of nitrogens with one attached hydrogen (secondary N) is 1. The summed E-state index contributed by atoms with van der Waals surface area (Å²) >= 11 is 0. The van der Waals surface area contributed by atoms with E-state index in [0.717, 1.165) is 25.9 Å². The van der Waals surface area contributed by atoms with Crippen LogP contribution in [0.2, 0.25) is 0 Å². The van der Waals surface area contributed by atoms with E-state index in [9.17, 15) is 5.11 Å². The van der Waals surface area contributed by atoms with Gasteiger partial charge in [-0.1, -0.05) is 6.07 Å². The molecule has 0 saturated carbocycles. The van der Waals surface area contributed by atoms with Gasteiger partial charge in [-0.25, -0.2) is 0 Å². The average Bonchev–Trinajstić information content (AvgIpc) is 2.76. The first kappa shape index (κ1) is 15.3. The Kier molecular flexibility index (Phi) is 5.06. The highest BCUT2D eigenvalue weighted by molar-refractivity contribution is 5.39. The first-order valence-corrected chi connectivity index (χ1v) is 7.80. The fraction of sp³-hybridized carbons (Fsp3) is 0.647. The lowest BCUT2D eigenvalue weighted by Gasteiger charge is -2.31. The molecule has 112 valence electrons. The van der Waals surface area contributed by atoms with Gasteiger partial charge < -0.3 is 10.4 Å². The summed E-state index contributed by atoms with van der Waals surface area (Å²) in [5, 5.41) is 13.2. The van der Waals surface area contributed by atoms with E-state index in [1.54, 1.807) is 6.07 Å². The molecule has 1 atom stereocenters. The number of fused-ring (bicyclic) bond motifs is 1. The van der Waals surface area contributed by atoms with E-state index in [1.807, 2.05) is 6.07 Å². The van der Waals surface area contributed by atoms with Gasteiger partial charge in [0.05, 0.1) is 0 Å². The van der Waals surface area contributed by atoms with Gasteiger partial charge in [0, 0.05) is 31.2 Å². The SMILES string of the molecule is CC(C)N(CCNC1CCc2cc(O)ccc21)C(C)C. The van der Waals surface area contributed by atoms with Gasteiger partial charge in [-0.3, -0.25) is 4.90 Å². The minimum Gasteiger partial charge on any atom is -0.508 e. The monoisotopic (exact) mass is 276 g/mol. The molecule has 1 aliphatic carbocycles.